The van der Waals surface area contributed by atoms with Crippen LogP contribution in [-0.4, -0.2) is 55.4 Å². The van der Waals surface area contributed by atoms with E-state index >= 15 is 0 Å². The molecule has 0 N–H and O–H groups in total. The fraction of sp³-hybridized carbons (Fsp3) is 0.353. The summed E-state index contributed by atoms with van der Waals surface area (Å²) in [5.41, 5.74) is 4.27. The van der Waals surface area contributed by atoms with Crippen LogP contribution in [0.3, 0.4) is 0 Å². The number of anilines is 1. The van der Waals surface area contributed by atoms with E-state index in [9.17, 15) is 0 Å². The molecule has 1 aromatic carbocycles. The van der Waals surface area contributed by atoms with E-state index in [1.54, 1.807) is 0 Å². The number of aromatic nitrogens is 1. The van der Waals surface area contributed by atoms with Crippen molar-refractivity contribution < 1.29 is 0 Å². The van der Waals surface area contributed by atoms with Gasteiger partial charge in [-0.2, -0.15) is 0 Å². The van der Waals surface area contributed by atoms with E-state index in [1.807, 2.05) is 6.20 Å². The third kappa shape index (κ3) is 2.51. The van der Waals surface area contributed by atoms with E-state index in [1.165, 1.54) is 22.5 Å². The molecule has 0 radical (unpaired) electrons. The van der Waals surface area contributed by atoms with Crippen molar-refractivity contribution in [2.75, 3.05) is 31.6 Å². The first-order valence-electron chi connectivity index (χ1n) is 7.30. The van der Waals surface area contributed by atoms with Crippen molar-refractivity contribution in [3.8, 4) is 0 Å². The van der Waals surface area contributed by atoms with E-state index in [0.717, 1.165) is 26.1 Å². The Bertz CT molecular complexity index is 643. The molecule has 1 aromatic heterocycles. The van der Waals surface area contributed by atoms with Crippen molar-refractivity contribution in [1.82, 2.24) is 9.88 Å². The Labute approximate surface area is 138 Å². The minimum absolute atomic E-state index is 0. The number of piperazine rings is 1. The Morgan fingerprint density at radius 3 is 2.76 bits per heavy atom. The van der Waals surface area contributed by atoms with Crippen molar-refractivity contribution in [2.45, 2.75) is 12.5 Å². The van der Waals surface area contributed by atoms with Crippen LogP contribution in [0.5, 0.6) is 0 Å². The van der Waals surface area contributed by atoms with Crippen LogP contribution in [0, 0.1) is 0 Å². The molecular weight excluding hydrogens is 253 g/mol. The van der Waals surface area contributed by atoms with Gasteiger partial charge >= 0.3 is 18.9 Å². The summed E-state index contributed by atoms with van der Waals surface area (Å²) in [4.78, 5) is 9.60. The average Bonchev–Trinajstić information content (AvgIpc) is 2.61. The summed E-state index contributed by atoms with van der Waals surface area (Å²) in [5, 5.41) is 0. The SMILES string of the molecule is CN1CCN2c3ncccc3Cc3ccccc3C2C1.[LiH]. The van der Waals surface area contributed by atoms with Crippen molar-refractivity contribution in [3.63, 3.8) is 0 Å². The van der Waals surface area contributed by atoms with Crippen LogP contribution < -0.4 is 4.90 Å². The van der Waals surface area contributed by atoms with Gasteiger partial charge in [0.1, 0.15) is 5.82 Å². The predicted molar refractivity (Wildman–Crippen MR) is 88.2 cm³/mol. The number of likely N-dealkylation sites (N-methyl/N-ethyl adjacent to an activating group) is 1. The van der Waals surface area contributed by atoms with E-state index in [2.05, 4.69) is 58.2 Å². The molecule has 1 atom stereocenters. The second-order valence-corrected chi connectivity index (χ2v) is 5.83. The van der Waals surface area contributed by atoms with Crippen LogP contribution in [0.2, 0.25) is 0 Å². The van der Waals surface area contributed by atoms with Crippen molar-refractivity contribution in [3.05, 3.63) is 59.3 Å². The first-order valence-corrected chi connectivity index (χ1v) is 7.30. The Balaban J connectivity index is 0.00000132. The van der Waals surface area contributed by atoms with Crippen molar-refractivity contribution in [1.29, 1.82) is 0 Å². The van der Waals surface area contributed by atoms with E-state index in [-0.39, 0.29) is 18.9 Å². The van der Waals surface area contributed by atoms with Crippen molar-refractivity contribution >= 4 is 24.7 Å². The maximum atomic E-state index is 4.68. The number of hydrogen-bond donors (Lipinski definition) is 0. The molecule has 1 unspecified atom stereocenters. The van der Waals surface area contributed by atoms with Crippen LogP contribution in [-0.2, 0) is 6.42 Å². The molecule has 0 amide bonds. The van der Waals surface area contributed by atoms with Crippen LogP contribution in [0.4, 0.5) is 5.82 Å². The third-order valence-electron chi connectivity index (χ3n) is 4.52. The van der Waals surface area contributed by atoms with E-state index in [4.69, 9.17) is 0 Å². The van der Waals surface area contributed by atoms with Gasteiger partial charge in [0, 0.05) is 32.3 Å². The standard InChI is InChI=1S/C17H19N3.Li.H/c1-19-9-10-20-16(12-19)15-7-3-2-5-13(15)11-14-6-4-8-18-17(14)20;;/h2-8,16H,9-12H2,1H3;;. The summed E-state index contributed by atoms with van der Waals surface area (Å²) in [6, 6.07) is 13.6. The molecule has 0 saturated carbocycles. The number of pyridine rings is 1. The van der Waals surface area contributed by atoms with Gasteiger partial charge in [0.05, 0.1) is 6.04 Å². The molecule has 2 aliphatic heterocycles. The number of rotatable bonds is 0. The quantitative estimate of drug-likeness (QED) is 0.683. The molecule has 4 heteroatoms. The molecule has 0 spiro atoms. The zero-order valence-electron chi connectivity index (χ0n) is 11.8. The Morgan fingerprint density at radius 2 is 1.86 bits per heavy atom. The van der Waals surface area contributed by atoms with E-state index < -0.39 is 0 Å². The van der Waals surface area contributed by atoms with Gasteiger partial charge in [0.25, 0.3) is 0 Å². The monoisotopic (exact) mass is 273 g/mol. The number of benzene rings is 1. The Kier molecular flexibility index (Phi) is 4.08. The fourth-order valence-corrected chi connectivity index (χ4v) is 3.49. The molecule has 3 nitrogen and oxygen atoms in total. The third-order valence-corrected chi connectivity index (χ3v) is 4.52. The zero-order valence-corrected chi connectivity index (χ0v) is 11.8. The summed E-state index contributed by atoms with van der Waals surface area (Å²) >= 11 is 0. The zero-order chi connectivity index (χ0) is 13.5. The fourth-order valence-electron chi connectivity index (χ4n) is 3.49. The number of hydrogen-bond acceptors (Lipinski definition) is 3. The van der Waals surface area contributed by atoms with E-state index in [0.29, 0.717) is 6.04 Å². The first kappa shape index (κ1) is 14.7. The summed E-state index contributed by atoms with van der Waals surface area (Å²) in [7, 11) is 2.21. The normalized spacial score (nSPS) is 20.6. The molecule has 0 aliphatic carbocycles. The van der Waals surface area contributed by atoms with Crippen LogP contribution >= 0.6 is 0 Å². The van der Waals surface area contributed by atoms with Gasteiger partial charge in [-0.3, -0.25) is 0 Å². The average molecular weight is 273 g/mol. The number of nitrogens with zero attached hydrogens (tertiary/aromatic N) is 3. The first-order chi connectivity index (χ1) is 9.83. The summed E-state index contributed by atoms with van der Waals surface area (Å²) in [6.45, 7) is 3.24. The van der Waals surface area contributed by atoms with Gasteiger partial charge in [-0.05, 0) is 29.8 Å². The molecule has 3 heterocycles. The van der Waals surface area contributed by atoms with Crippen LogP contribution in [0.1, 0.15) is 22.7 Å². The molecule has 2 aromatic rings. The van der Waals surface area contributed by atoms with Gasteiger partial charge in [-0.25, -0.2) is 4.98 Å². The van der Waals surface area contributed by atoms with Gasteiger partial charge in [0.2, 0.25) is 0 Å². The number of fused-ring (bicyclic) bond motifs is 5. The minimum atomic E-state index is 0. The molecule has 104 valence electrons. The molecule has 21 heavy (non-hydrogen) atoms. The summed E-state index contributed by atoms with van der Waals surface area (Å²) in [6.07, 6.45) is 2.92. The Morgan fingerprint density at radius 1 is 1.05 bits per heavy atom. The van der Waals surface area contributed by atoms with Gasteiger partial charge in [-0.15, -0.1) is 0 Å². The van der Waals surface area contributed by atoms with Crippen LogP contribution in [0.25, 0.3) is 0 Å². The predicted octanol–water partition coefficient (Wildman–Crippen LogP) is 1.83. The molecule has 1 fully saturated rings. The van der Waals surface area contributed by atoms with Gasteiger partial charge < -0.3 is 9.80 Å². The topological polar surface area (TPSA) is 19.4 Å². The molecule has 2 aliphatic rings. The second kappa shape index (κ2) is 5.85. The maximum absolute atomic E-state index is 4.68. The van der Waals surface area contributed by atoms with Crippen molar-refractivity contribution in [2.24, 2.45) is 0 Å². The Hall–Kier alpha value is -1.27. The summed E-state index contributed by atoms with van der Waals surface area (Å²) < 4.78 is 0. The molecule has 1 saturated heterocycles. The van der Waals surface area contributed by atoms with Gasteiger partial charge in [-0.1, -0.05) is 30.3 Å². The molecule has 0 bridgehead atoms. The van der Waals surface area contributed by atoms with Gasteiger partial charge in [0.15, 0.2) is 0 Å². The molecular formula is C17H20LiN3. The van der Waals surface area contributed by atoms with Crippen LogP contribution in [0.15, 0.2) is 42.6 Å². The summed E-state index contributed by atoms with van der Waals surface area (Å²) in [5.74, 6) is 1.18. The molecule has 4 rings (SSSR count). The second-order valence-electron chi connectivity index (χ2n) is 5.83.